The molecule has 25 heavy (non-hydrogen) atoms. The first kappa shape index (κ1) is 16.9. The van der Waals surface area contributed by atoms with Gasteiger partial charge in [-0.05, 0) is 54.7 Å². The predicted molar refractivity (Wildman–Crippen MR) is 93.8 cm³/mol. The largest absolute Gasteiger partial charge is 0.454 e. The summed E-state index contributed by atoms with van der Waals surface area (Å²) in [6.07, 6.45) is 3.17. The lowest BCUT2D eigenvalue weighted by molar-refractivity contribution is -0.114. The van der Waals surface area contributed by atoms with E-state index < -0.39 is 5.97 Å². The molecule has 1 aliphatic rings. The maximum Gasteiger partial charge on any atom is 0.338 e. The fourth-order valence-electron chi connectivity index (χ4n) is 2.97. The number of anilines is 1. The van der Waals surface area contributed by atoms with E-state index in [-0.39, 0.29) is 23.9 Å². The van der Waals surface area contributed by atoms with Gasteiger partial charge in [0.25, 0.3) is 0 Å². The molecule has 0 unspecified atom stereocenters. The Morgan fingerprint density at radius 1 is 1.00 bits per heavy atom. The van der Waals surface area contributed by atoms with Gasteiger partial charge < -0.3 is 10.1 Å². The number of carbonyl (C=O) groups is 3. The first-order valence-electron chi connectivity index (χ1n) is 8.23. The standard InChI is InChI=1S/C20H19NO4/c1-13(22)21-18-7-3-6-17(11-18)20(24)25-12-19(23)16-9-8-14-4-2-5-15(14)10-16/h3,6-11H,2,4-5,12H2,1H3,(H,21,22). The molecule has 2 aromatic rings. The minimum absolute atomic E-state index is 0.221. The van der Waals surface area contributed by atoms with Crippen LogP contribution in [0.25, 0.3) is 0 Å². The third-order valence-corrected chi connectivity index (χ3v) is 4.17. The quantitative estimate of drug-likeness (QED) is 0.672. The van der Waals surface area contributed by atoms with Crippen LogP contribution in [0.4, 0.5) is 5.69 Å². The van der Waals surface area contributed by atoms with E-state index in [1.807, 2.05) is 12.1 Å². The minimum Gasteiger partial charge on any atom is -0.454 e. The summed E-state index contributed by atoms with van der Waals surface area (Å²) in [7, 11) is 0. The lowest BCUT2D eigenvalue weighted by Crippen LogP contribution is -2.15. The van der Waals surface area contributed by atoms with E-state index in [1.54, 1.807) is 24.3 Å². The number of hydrogen-bond donors (Lipinski definition) is 1. The van der Waals surface area contributed by atoms with Gasteiger partial charge in [-0.3, -0.25) is 9.59 Å². The number of rotatable bonds is 5. The minimum atomic E-state index is -0.596. The van der Waals surface area contributed by atoms with Crippen molar-refractivity contribution in [2.45, 2.75) is 26.2 Å². The van der Waals surface area contributed by atoms with Crippen LogP contribution < -0.4 is 5.32 Å². The van der Waals surface area contributed by atoms with Crippen LogP contribution in [-0.2, 0) is 22.4 Å². The molecular formula is C20H19NO4. The van der Waals surface area contributed by atoms with E-state index >= 15 is 0 Å². The Balaban J connectivity index is 1.62. The molecule has 3 rings (SSSR count). The molecule has 0 spiro atoms. The van der Waals surface area contributed by atoms with Crippen molar-refractivity contribution in [3.63, 3.8) is 0 Å². The van der Waals surface area contributed by atoms with Crippen LogP contribution in [0.1, 0.15) is 45.2 Å². The summed E-state index contributed by atoms with van der Waals surface area (Å²) in [6, 6.07) is 12.1. The van der Waals surface area contributed by atoms with Crippen molar-refractivity contribution in [2.75, 3.05) is 11.9 Å². The Morgan fingerprint density at radius 3 is 2.60 bits per heavy atom. The van der Waals surface area contributed by atoms with Gasteiger partial charge in [-0.15, -0.1) is 0 Å². The van der Waals surface area contributed by atoms with Crippen molar-refractivity contribution >= 4 is 23.3 Å². The van der Waals surface area contributed by atoms with E-state index in [2.05, 4.69) is 5.32 Å². The Kier molecular flexibility index (Phi) is 4.93. The van der Waals surface area contributed by atoms with Crippen LogP contribution in [0.2, 0.25) is 0 Å². The second-order valence-corrected chi connectivity index (χ2v) is 6.10. The lowest BCUT2D eigenvalue weighted by Gasteiger charge is -2.07. The van der Waals surface area contributed by atoms with Crippen LogP contribution in [0.5, 0.6) is 0 Å². The molecule has 0 saturated heterocycles. The second-order valence-electron chi connectivity index (χ2n) is 6.10. The topological polar surface area (TPSA) is 72.5 Å². The van der Waals surface area contributed by atoms with E-state index in [4.69, 9.17) is 4.74 Å². The van der Waals surface area contributed by atoms with Gasteiger partial charge in [0.05, 0.1) is 5.56 Å². The third-order valence-electron chi connectivity index (χ3n) is 4.17. The summed E-state index contributed by atoms with van der Waals surface area (Å²) in [4.78, 5) is 35.5. The maximum atomic E-state index is 12.3. The molecule has 2 aromatic carbocycles. The summed E-state index contributed by atoms with van der Waals surface area (Å²) in [6.45, 7) is 1.09. The summed E-state index contributed by atoms with van der Waals surface area (Å²) in [5.41, 5.74) is 3.86. The van der Waals surface area contributed by atoms with E-state index in [0.717, 1.165) is 19.3 Å². The van der Waals surface area contributed by atoms with Crippen molar-refractivity contribution in [3.8, 4) is 0 Å². The summed E-state index contributed by atoms with van der Waals surface area (Å²) < 4.78 is 5.12. The average Bonchev–Trinajstić information content (AvgIpc) is 3.06. The molecule has 0 bridgehead atoms. The number of nitrogens with one attached hydrogen (secondary N) is 1. The first-order chi connectivity index (χ1) is 12.0. The van der Waals surface area contributed by atoms with E-state index in [1.165, 1.54) is 24.1 Å². The number of ketones is 1. The van der Waals surface area contributed by atoms with Gasteiger partial charge >= 0.3 is 5.97 Å². The zero-order valence-electron chi connectivity index (χ0n) is 14.0. The fourth-order valence-corrected chi connectivity index (χ4v) is 2.97. The Morgan fingerprint density at radius 2 is 1.80 bits per heavy atom. The Hall–Kier alpha value is -2.95. The highest BCUT2D eigenvalue weighted by Gasteiger charge is 2.16. The van der Waals surface area contributed by atoms with Crippen molar-refractivity contribution in [3.05, 3.63) is 64.7 Å². The number of benzene rings is 2. The molecule has 5 nitrogen and oxygen atoms in total. The van der Waals surface area contributed by atoms with Gasteiger partial charge in [0, 0.05) is 18.2 Å². The van der Waals surface area contributed by atoms with Crippen LogP contribution in [0, 0.1) is 0 Å². The lowest BCUT2D eigenvalue weighted by atomic mass is 10.0. The number of hydrogen-bond acceptors (Lipinski definition) is 4. The summed E-state index contributed by atoms with van der Waals surface area (Å²) >= 11 is 0. The molecule has 0 radical (unpaired) electrons. The number of ether oxygens (including phenoxy) is 1. The molecule has 1 N–H and O–H groups in total. The number of amides is 1. The number of fused-ring (bicyclic) bond motifs is 1. The van der Waals surface area contributed by atoms with Gasteiger partial charge in [0.2, 0.25) is 5.91 Å². The molecule has 1 aliphatic carbocycles. The van der Waals surface area contributed by atoms with Gasteiger partial charge in [0.1, 0.15) is 0 Å². The third kappa shape index (κ3) is 4.12. The first-order valence-corrected chi connectivity index (χ1v) is 8.23. The van der Waals surface area contributed by atoms with Crippen LogP contribution in [0.3, 0.4) is 0 Å². The highest BCUT2D eigenvalue weighted by atomic mass is 16.5. The zero-order valence-corrected chi connectivity index (χ0v) is 14.0. The summed E-state index contributed by atoms with van der Waals surface area (Å²) in [5, 5.41) is 2.60. The highest BCUT2D eigenvalue weighted by Crippen LogP contribution is 2.23. The SMILES string of the molecule is CC(=O)Nc1cccc(C(=O)OCC(=O)c2ccc3c(c2)CCC3)c1. The van der Waals surface area contributed by atoms with E-state index in [0.29, 0.717) is 11.3 Å². The molecule has 0 aliphatic heterocycles. The van der Waals surface area contributed by atoms with Crippen molar-refractivity contribution in [1.29, 1.82) is 0 Å². The molecule has 0 saturated carbocycles. The molecule has 1 amide bonds. The van der Waals surface area contributed by atoms with Crippen molar-refractivity contribution in [1.82, 2.24) is 0 Å². The summed E-state index contributed by atoms with van der Waals surface area (Å²) in [5.74, 6) is -1.04. The Labute approximate surface area is 146 Å². The second kappa shape index (κ2) is 7.30. The smallest absolute Gasteiger partial charge is 0.338 e. The fraction of sp³-hybridized carbons (Fsp3) is 0.250. The molecule has 0 atom stereocenters. The van der Waals surface area contributed by atoms with Gasteiger partial charge in [-0.1, -0.05) is 18.2 Å². The molecule has 0 aromatic heterocycles. The van der Waals surface area contributed by atoms with Crippen LogP contribution >= 0.6 is 0 Å². The normalized spacial score (nSPS) is 12.4. The number of esters is 1. The highest BCUT2D eigenvalue weighted by molar-refractivity contribution is 6.00. The molecule has 5 heteroatoms. The Bertz CT molecular complexity index is 841. The van der Waals surface area contributed by atoms with Gasteiger partial charge in [-0.25, -0.2) is 4.79 Å². The van der Waals surface area contributed by atoms with Gasteiger partial charge in [0.15, 0.2) is 12.4 Å². The van der Waals surface area contributed by atoms with Crippen LogP contribution in [-0.4, -0.2) is 24.3 Å². The average molecular weight is 337 g/mol. The maximum absolute atomic E-state index is 12.3. The van der Waals surface area contributed by atoms with Crippen LogP contribution in [0.15, 0.2) is 42.5 Å². The molecule has 0 fully saturated rings. The van der Waals surface area contributed by atoms with Gasteiger partial charge in [-0.2, -0.15) is 0 Å². The molecular weight excluding hydrogens is 318 g/mol. The monoisotopic (exact) mass is 337 g/mol. The van der Waals surface area contributed by atoms with Crippen molar-refractivity contribution in [2.24, 2.45) is 0 Å². The van der Waals surface area contributed by atoms with E-state index in [9.17, 15) is 14.4 Å². The zero-order chi connectivity index (χ0) is 17.8. The molecule has 128 valence electrons. The molecule has 0 heterocycles. The number of carbonyl (C=O) groups excluding carboxylic acids is 3. The predicted octanol–water partition coefficient (Wildman–Crippen LogP) is 3.17. The number of Topliss-reactive ketones (excluding diaryl/α,β-unsaturated/α-hetero) is 1. The van der Waals surface area contributed by atoms with Crippen molar-refractivity contribution < 1.29 is 19.1 Å². The number of aryl methyl sites for hydroxylation is 2.